The van der Waals surface area contributed by atoms with Gasteiger partial charge in [0.05, 0.1) is 6.54 Å². The topological polar surface area (TPSA) is 54.3 Å². The SMILES string of the molecule is CN(C[C@H]1CCCN(CCc2ccccc2F)C1)C(=O)CCn1cncn1. The standard InChI is InChI=1S/C20H28FN5O/c1-24(20(27)9-12-26-16-22-15-23-26)13-17-5-4-10-25(14-17)11-8-18-6-2-3-7-19(18)21/h2-3,6-7,15-17H,4-5,8-14H2,1H3/t17-/m1/s1. The van der Waals surface area contributed by atoms with E-state index in [9.17, 15) is 9.18 Å². The molecular weight excluding hydrogens is 345 g/mol. The molecule has 146 valence electrons. The highest BCUT2D eigenvalue weighted by molar-refractivity contribution is 5.75. The predicted molar refractivity (Wildman–Crippen MR) is 102 cm³/mol. The minimum atomic E-state index is -0.122. The highest BCUT2D eigenvalue weighted by Crippen LogP contribution is 2.18. The zero-order chi connectivity index (χ0) is 19.1. The van der Waals surface area contributed by atoms with Gasteiger partial charge in [0.2, 0.25) is 5.91 Å². The van der Waals surface area contributed by atoms with Gasteiger partial charge in [-0.25, -0.2) is 9.37 Å². The number of likely N-dealkylation sites (tertiary alicyclic amines) is 1. The summed E-state index contributed by atoms with van der Waals surface area (Å²) in [5, 5.41) is 4.03. The Balaban J connectivity index is 1.42. The fraction of sp³-hybridized carbons (Fsp3) is 0.550. The number of nitrogens with zero attached hydrogens (tertiary/aromatic N) is 5. The summed E-state index contributed by atoms with van der Waals surface area (Å²) in [7, 11) is 1.88. The molecule has 6 nitrogen and oxygen atoms in total. The first-order valence-electron chi connectivity index (χ1n) is 9.64. The van der Waals surface area contributed by atoms with Gasteiger partial charge in [-0.3, -0.25) is 9.48 Å². The van der Waals surface area contributed by atoms with Gasteiger partial charge in [0.25, 0.3) is 0 Å². The quantitative estimate of drug-likeness (QED) is 0.712. The van der Waals surface area contributed by atoms with Crippen molar-refractivity contribution in [3.05, 3.63) is 48.3 Å². The van der Waals surface area contributed by atoms with Gasteiger partial charge >= 0.3 is 0 Å². The Bertz CT molecular complexity index is 721. The molecule has 27 heavy (non-hydrogen) atoms. The average Bonchev–Trinajstić information content (AvgIpc) is 3.19. The molecular formula is C20H28FN5O. The van der Waals surface area contributed by atoms with Gasteiger partial charge in [-0.15, -0.1) is 0 Å². The van der Waals surface area contributed by atoms with Crippen molar-refractivity contribution >= 4 is 5.91 Å². The molecule has 2 heterocycles. The van der Waals surface area contributed by atoms with Crippen LogP contribution in [0.1, 0.15) is 24.8 Å². The molecule has 0 bridgehead atoms. The summed E-state index contributed by atoms with van der Waals surface area (Å²) in [6, 6.07) is 7.00. The fourth-order valence-electron chi connectivity index (χ4n) is 3.72. The van der Waals surface area contributed by atoms with Crippen molar-refractivity contribution in [2.45, 2.75) is 32.2 Å². The third-order valence-electron chi connectivity index (χ3n) is 5.24. The lowest BCUT2D eigenvalue weighted by Gasteiger charge is -2.34. The fourth-order valence-corrected chi connectivity index (χ4v) is 3.72. The number of carbonyl (C=O) groups excluding carboxylic acids is 1. The van der Waals surface area contributed by atoms with Crippen LogP contribution in [0.5, 0.6) is 0 Å². The van der Waals surface area contributed by atoms with Gasteiger partial charge < -0.3 is 9.80 Å². The zero-order valence-corrected chi connectivity index (χ0v) is 15.9. The highest BCUT2D eigenvalue weighted by Gasteiger charge is 2.22. The summed E-state index contributed by atoms with van der Waals surface area (Å²) in [6.07, 6.45) is 6.53. The Hall–Kier alpha value is -2.28. The van der Waals surface area contributed by atoms with Crippen molar-refractivity contribution in [3.63, 3.8) is 0 Å². The molecule has 0 aliphatic carbocycles. The number of aryl methyl sites for hydroxylation is 1. The van der Waals surface area contributed by atoms with Crippen LogP contribution >= 0.6 is 0 Å². The van der Waals surface area contributed by atoms with Crippen LogP contribution in [0.4, 0.5) is 4.39 Å². The first kappa shape index (κ1) is 19.5. The van der Waals surface area contributed by atoms with Gasteiger partial charge in [0.15, 0.2) is 0 Å². The van der Waals surface area contributed by atoms with Crippen molar-refractivity contribution in [2.75, 3.05) is 33.2 Å². The van der Waals surface area contributed by atoms with E-state index in [2.05, 4.69) is 15.0 Å². The minimum Gasteiger partial charge on any atom is -0.345 e. The van der Waals surface area contributed by atoms with E-state index < -0.39 is 0 Å². The van der Waals surface area contributed by atoms with E-state index in [4.69, 9.17) is 0 Å². The van der Waals surface area contributed by atoms with Crippen LogP contribution in [-0.2, 0) is 17.8 Å². The van der Waals surface area contributed by atoms with E-state index in [1.165, 1.54) is 12.4 Å². The van der Waals surface area contributed by atoms with Crippen molar-refractivity contribution in [2.24, 2.45) is 5.92 Å². The van der Waals surface area contributed by atoms with Crippen molar-refractivity contribution < 1.29 is 9.18 Å². The molecule has 1 fully saturated rings. The van der Waals surface area contributed by atoms with E-state index in [0.717, 1.165) is 51.0 Å². The van der Waals surface area contributed by atoms with E-state index in [1.807, 2.05) is 24.1 Å². The largest absolute Gasteiger partial charge is 0.345 e. The molecule has 1 atom stereocenters. The van der Waals surface area contributed by atoms with Crippen LogP contribution in [0, 0.1) is 11.7 Å². The highest BCUT2D eigenvalue weighted by atomic mass is 19.1. The first-order chi connectivity index (χ1) is 13.1. The monoisotopic (exact) mass is 373 g/mol. The second-order valence-corrected chi connectivity index (χ2v) is 7.33. The molecule has 2 aromatic rings. The van der Waals surface area contributed by atoms with Gasteiger partial charge in [-0.1, -0.05) is 18.2 Å². The van der Waals surface area contributed by atoms with Crippen LogP contribution in [0.25, 0.3) is 0 Å². The molecule has 0 unspecified atom stereocenters. The maximum absolute atomic E-state index is 13.8. The first-order valence-corrected chi connectivity index (χ1v) is 9.64. The van der Waals surface area contributed by atoms with Crippen molar-refractivity contribution in [1.82, 2.24) is 24.6 Å². The van der Waals surface area contributed by atoms with Crippen LogP contribution in [0.3, 0.4) is 0 Å². The number of hydrogen-bond acceptors (Lipinski definition) is 4. The Morgan fingerprint density at radius 3 is 2.96 bits per heavy atom. The summed E-state index contributed by atoms with van der Waals surface area (Å²) in [6.45, 7) is 4.21. The van der Waals surface area contributed by atoms with Gasteiger partial charge in [0.1, 0.15) is 18.5 Å². The number of piperidine rings is 1. The summed E-state index contributed by atoms with van der Waals surface area (Å²) in [5.74, 6) is 0.484. The number of amides is 1. The molecule has 1 aromatic heterocycles. The lowest BCUT2D eigenvalue weighted by molar-refractivity contribution is -0.131. The van der Waals surface area contributed by atoms with E-state index in [0.29, 0.717) is 18.9 Å². The molecule has 1 amide bonds. The summed E-state index contributed by atoms with van der Waals surface area (Å²) < 4.78 is 15.5. The second kappa shape index (κ2) is 9.60. The Morgan fingerprint density at radius 2 is 2.19 bits per heavy atom. The van der Waals surface area contributed by atoms with Gasteiger partial charge in [-0.05, 0) is 43.4 Å². The molecule has 1 aliphatic rings. The van der Waals surface area contributed by atoms with Crippen molar-refractivity contribution in [3.8, 4) is 0 Å². The normalized spacial score (nSPS) is 17.8. The molecule has 1 aliphatic heterocycles. The molecule has 7 heteroatoms. The number of halogens is 1. The summed E-state index contributed by atoms with van der Waals surface area (Å²) in [5.41, 5.74) is 0.778. The number of benzene rings is 1. The molecule has 1 aromatic carbocycles. The molecule has 0 N–H and O–H groups in total. The van der Waals surface area contributed by atoms with Crippen LogP contribution in [-0.4, -0.2) is 63.7 Å². The lowest BCUT2D eigenvalue weighted by Crippen LogP contribution is -2.42. The van der Waals surface area contributed by atoms with Crippen LogP contribution in [0.2, 0.25) is 0 Å². The van der Waals surface area contributed by atoms with Crippen LogP contribution in [0.15, 0.2) is 36.9 Å². The van der Waals surface area contributed by atoms with E-state index in [-0.39, 0.29) is 11.7 Å². The maximum Gasteiger partial charge on any atom is 0.224 e. The van der Waals surface area contributed by atoms with Gasteiger partial charge in [0, 0.05) is 33.1 Å². The Kier molecular flexibility index (Phi) is 6.92. The number of aromatic nitrogens is 3. The predicted octanol–water partition coefficient (Wildman–Crippen LogP) is 2.22. The van der Waals surface area contributed by atoms with Crippen LogP contribution < -0.4 is 0 Å². The second-order valence-electron chi connectivity index (χ2n) is 7.33. The lowest BCUT2D eigenvalue weighted by atomic mass is 9.97. The Labute approximate surface area is 160 Å². The summed E-state index contributed by atoms with van der Waals surface area (Å²) >= 11 is 0. The zero-order valence-electron chi connectivity index (χ0n) is 15.9. The molecule has 1 saturated heterocycles. The average molecular weight is 373 g/mol. The molecule has 0 spiro atoms. The Morgan fingerprint density at radius 1 is 1.33 bits per heavy atom. The van der Waals surface area contributed by atoms with E-state index >= 15 is 0 Å². The third-order valence-corrected chi connectivity index (χ3v) is 5.24. The number of hydrogen-bond donors (Lipinski definition) is 0. The minimum absolute atomic E-state index is 0.122. The molecule has 0 radical (unpaired) electrons. The number of rotatable bonds is 8. The summed E-state index contributed by atoms with van der Waals surface area (Å²) in [4.78, 5) is 20.5. The number of carbonyl (C=O) groups is 1. The van der Waals surface area contributed by atoms with Crippen molar-refractivity contribution in [1.29, 1.82) is 0 Å². The van der Waals surface area contributed by atoms with E-state index in [1.54, 1.807) is 17.1 Å². The molecule has 3 rings (SSSR count). The third kappa shape index (κ3) is 5.85. The smallest absolute Gasteiger partial charge is 0.224 e. The van der Waals surface area contributed by atoms with Gasteiger partial charge in [-0.2, -0.15) is 5.10 Å². The molecule has 0 saturated carbocycles. The maximum atomic E-state index is 13.8.